The molecule has 0 spiro atoms. The zero-order chi connectivity index (χ0) is 12.6. The minimum atomic E-state index is -0.353. The average molecular weight is 300 g/mol. The molecule has 1 aliphatic carbocycles. The standard InChI is InChI=1S/C14H19BrFN/c1-9-8-11(16)13(15)12(10(9)2)14(17)6-4-3-5-7-14/h8H,3-7,17H2,1-2H3. The van der Waals surface area contributed by atoms with E-state index in [1.165, 1.54) is 6.42 Å². The van der Waals surface area contributed by atoms with E-state index in [4.69, 9.17) is 5.73 Å². The molecular formula is C14H19BrFN. The number of rotatable bonds is 1. The van der Waals surface area contributed by atoms with Gasteiger partial charge in [-0.1, -0.05) is 19.3 Å². The summed E-state index contributed by atoms with van der Waals surface area (Å²) in [4.78, 5) is 0. The monoisotopic (exact) mass is 299 g/mol. The lowest BCUT2D eigenvalue weighted by Crippen LogP contribution is -2.40. The summed E-state index contributed by atoms with van der Waals surface area (Å²) in [5.41, 5.74) is 9.26. The Kier molecular flexibility index (Phi) is 3.60. The van der Waals surface area contributed by atoms with Gasteiger partial charge in [0, 0.05) is 5.54 Å². The molecule has 0 atom stereocenters. The van der Waals surface area contributed by atoms with Gasteiger partial charge in [0.15, 0.2) is 0 Å². The van der Waals surface area contributed by atoms with Gasteiger partial charge in [0.25, 0.3) is 0 Å². The second-order valence-electron chi connectivity index (χ2n) is 5.21. The lowest BCUT2D eigenvalue weighted by Gasteiger charge is -2.36. The molecule has 17 heavy (non-hydrogen) atoms. The van der Waals surface area contributed by atoms with Gasteiger partial charge in [-0.25, -0.2) is 4.39 Å². The number of nitrogens with two attached hydrogens (primary N) is 1. The summed E-state index contributed by atoms with van der Waals surface area (Å²) in [6, 6.07) is 1.58. The lowest BCUT2D eigenvalue weighted by atomic mass is 9.75. The molecule has 0 unspecified atom stereocenters. The molecule has 0 bridgehead atoms. The van der Waals surface area contributed by atoms with Gasteiger partial charge in [0.2, 0.25) is 0 Å². The molecule has 0 heterocycles. The van der Waals surface area contributed by atoms with Gasteiger partial charge in [-0.2, -0.15) is 0 Å². The normalized spacial score (nSPS) is 19.4. The number of hydrogen-bond donors (Lipinski definition) is 1. The summed E-state index contributed by atoms with van der Waals surface area (Å²) in [6.07, 6.45) is 5.42. The van der Waals surface area contributed by atoms with E-state index in [0.29, 0.717) is 4.47 Å². The van der Waals surface area contributed by atoms with Crippen LogP contribution in [0.15, 0.2) is 10.5 Å². The van der Waals surface area contributed by atoms with E-state index < -0.39 is 0 Å². The molecule has 1 aromatic carbocycles. The van der Waals surface area contributed by atoms with Crippen molar-refractivity contribution in [2.24, 2.45) is 5.73 Å². The summed E-state index contributed by atoms with van der Waals surface area (Å²) in [5, 5.41) is 0. The zero-order valence-electron chi connectivity index (χ0n) is 10.4. The van der Waals surface area contributed by atoms with Crippen LogP contribution < -0.4 is 5.73 Å². The molecule has 2 N–H and O–H groups in total. The maximum absolute atomic E-state index is 13.8. The third-order valence-electron chi connectivity index (χ3n) is 3.98. The Bertz CT molecular complexity index is 410. The second kappa shape index (κ2) is 4.69. The Labute approximate surface area is 111 Å². The first-order valence-corrected chi connectivity index (χ1v) is 6.99. The fourth-order valence-corrected chi connectivity index (χ4v) is 3.67. The van der Waals surface area contributed by atoms with Crippen molar-refractivity contribution in [2.45, 2.75) is 51.5 Å². The molecule has 1 aliphatic rings. The summed E-state index contributed by atoms with van der Waals surface area (Å²) in [6.45, 7) is 3.98. The lowest BCUT2D eigenvalue weighted by molar-refractivity contribution is 0.298. The Morgan fingerprint density at radius 3 is 2.41 bits per heavy atom. The van der Waals surface area contributed by atoms with Crippen LogP contribution >= 0.6 is 15.9 Å². The molecular weight excluding hydrogens is 281 g/mol. The first-order valence-electron chi connectivity index (χ1n) is 6.20. The molecule has 0 radical (unpaired) electrons. The molecule has 2 rings (SSSR count). The summed E-state index contributed by atoms with van der Waals surface area (Å²) in [5.74, 6) is -0.196. The van der Waals surface area contributed by atoms with Crippen molar-refractivity contribution in [3.63, 3.8) is 0 Å². The van der Waals surface area contributed by atoms with Crippen molar-refractivity contribution < 1.29 is 4.39 Å². The fourth-order valence-electron chi connectivity index (χ4n) is 2.87. The molecule has 1 saturated carbocycles. The minimum absolute atomic E-state index is 0.196. The number of aryl methyl sites for hydroxylation is 1. The van der Waals surface area contributed by atoms with E-state index in [0.717, 1.165) is 42.4 Å². The zero-order valence-corrected chi connectivity index (χ0v) is 12.0. The first kappa shape index (κ1) is 13.0. The van der Waals surface area contributed by atoms with Crippen molar-refractivity contribution in [2.75, 3.05) is 0 Å². The van der Waals surface area contributed by atoms with Crippen LogP contribution in [0.2, 0.25) is 0 Å². The van der Waals surface area contributed by atoms with Crippen molar-refractivity contribution in [3.8, 4) is 0 Å². The van der Waals surface area contributed by atoms with Gasteiger partial charge in [0.1, 0.15) is 5.82 Å². The third kappa shape index (κ3) is 2.27. The largest absolute Gasteiger partial charge is 0.321 e. The van der Waals surface area contributed by atoms with Gasteiger partial charge in [-0.3, -0.25) is 0 Å². The number of hydrogen-bond acceptors (Lipinski definition) is 1. The highest BCUT2D eigenvalue weighted by Gasteiger charge is 2.33. The van der Waals surface area contributed by atoms with Gasteiger partial charge < -0.3 is 5.73 Å². The predicted molar refractivity (Wildman–Crippen MR) is 72.5 cm³/mol. The molecule has 0 aromatic heterocycles. The average Bonchev–Trinajstić information content (AvgIpc) is 2.27. The van der Waals surface area contributed by atoms with Gasteiger partial charge >= 0.3 is 0 Å². The van der Waals surface area contributed by atoms with Crippen LogP contribution in [0.4, 0.5) is 4.39 Å². The van der Waals surface area contributed by atoms with Crippen LogP contribution in [0, 0.1) is 19.7 Å². The summed E-state index contributed by atoms with van der Waals surface area (Å²) < 4.78 is 14.4. The molecule has 0 aliphatic heterocycles. The third-order valence-corrected chi connectivity index (χ3v) is 4.76. The summed E-state index contributed by atoms with van der Waals surface area (Å²) >= 11 is 3.38. The predicted octanol–water partition coefficient (Wildman–Crippen LogP) is 4.32. The van der Waals surface area contributed by atoms with E-state index in [2.05, 4.69) is 15.9 Å². The highest BCUT2D eigenvalue weighted by molar-refractivity contribution is 9.10. The molecule has 1 aromatic rings. The molecule has 0 saturated heterocycles. The van der Waals surface area contributed by atoms with E-state index in [1.807, 2.05) is 13.8 Å². The van der Waals surface area contributed by atoms with Crippen molar-refractivity contribution >= 4 is 15.9 Å². The SMILES string of the molecule is Cc1cc(F)c(Br)c(C2(N)CCCCC2)c1C. The minimum Gasteiger partial charge on any atom is -0.321 e. The van der Waals surface area contributed by atoms with E-state index in [-0.39, 0.29) is 11.4 Å². The van der Waals surface area contributed by atoms with Gasteiger partial charge in [0.05, 0.1) is 4.47 Å². The maximum atomic E-state index is 13.8. The molecule has 94 valence electrons. The van der Waals surface area contributed by atoms with E-state index in [9.17, 15) is 4.39 Å². The molecule has 1 fully saturated rings. The number of benzene rings is 1. The van der Waals surface area contributed by atoms with Crippen LogP contribution in [0.25, 0.3) is 0 Å². The summed E-state index contributed by atoms with van der Waals surface area (Å²) in [7, 11) is 0. The highest BCUT2D eigenvalue weighted by atomic mass is 79.9. The van der Waals surface area contributed by atoms with Crippen LogP contribution in [-0.2, 0) is 5.54 Å². The quantitative estimate of drug-likeness (QED) is 0.821. The second-order valence-corrected chi connectivity index (χ2v) is 6.00. The Hall–Kier alpha value is -0.410. The van der Waals surface area contributed by atoms with Crippen molar-refractivity contribution in [3.05, 3.63) is 33.0 Å². The smallest absolute Gasteiger partial charge is 0.138 e. The molecule has 0 amide bonds. The van der Waals surface area contributed by atoms with Crippen molar-refractivity contribution in [1.82, 2.24) is 0 Å². The van der Waals surface area contributed by atoms with Crippen LogP contribution in [0.1, 0.15) is 48.8 Å². The first-order chi connectivity index (χ1) is 7.96. The fraction of sp³-hybridized carbons (Fsp3) is 0.571. The van der Waals surface area contributed by atoms with Gasteiger partial charge in [-0.15, -0.1) is 0 Å². The molecule has 3 heteroatoms. The Morgan fingerprint density at radius 2 is 1.82 bits per heavy atom. The maximum Gasteiger partial charge on any atom is 0.138 e. The van der Waals surface area contributed by atoms with E-state index in [1.54, 1.807) is 6.07 Å². The van der Waals surface area contributed by atoms with Crippen LogP contribution in [0.3, 0.4) is 0 Å². The van der Waals surface area contributed by atoms with Crippen molar-refractivity contribution in [1.29, 1.82) is 0 Å². The van der Waals surface area contributed by atoms with Crippen LogP contribution in [-0.4, -0.2) is 0 Å². The topological polar surface area (TPSA) is 26.0 Å². The van der Waals surface area contributed by atoms with Crippen LogP contribution in [0.5, 0.6) is 0 Å². The molecule has 1 nitrogen and oxygen atoms in total. The number of halogens is 2. The Balaban J connectivity index is 2.57. The van der Waals surface area contributed by atoms with Gasteiger partial charge in [-0.05, 0) is 65.4 Å². The Morgan fingerprint density at radius 1 is 1.24 bits per heavy atom. The van der Waals surface area contributed by atoms with E-state index >= 15 is 0 Å². The highest BCUT2D eigenvalue weighted by Crippen LogP contribution is 2.41.